The highest BCUT2D eigenvalue weighted by molar-refractivity contribution is 5.80. The summed E-state index contributed by atoms with van der Waals surface area (Å²) < 4.78 is 11.3. The number of amides is 1. The average Bonchev–Trinajstić information content (AvgIpc) is 2.55. The number of rotatable bonds is 7. The van der Waals surface area contributed by atoms with E-state index in [1.807, 2.05) is 62.4 Å². The third kappa shape index (κ3) is 5.33. The minimum Gasteiger partial charge on any atom is -0.492 e. The molecule has 2 aromatic rings. The Labute approximate surface area is 137 Å². The molecular formula is C19H23NO3. The van der Waals surface area contributed by atoms with Gasteiger partial charge in [-0.3, -0.25) is 4.79 Å². The first-order valence-corrected chi connectivity index (χ1v) is 7.76. The maximum absolute atomic E-state index is 12.0. The summed E-state index contributed by atoms with van der Waals surface area (Å²) in [4.78, 5) is 12.0. The van der Waals surface area contributed by atoms with E-state index in [1.54, 1.807) is 6.92 Å². The van der Waals surface area contributed by atoms with Gasteiger partial charge in [0.05, 0.1) is 6.54 Å². The highest BCUT2D eigenvalue weighted by Crippen LogP contribution is 2.20. The van der Waals surface area contributed by atoms with E-state index in [2.05, 4.69) is 5.32 Å². The highest BCUT2D eigenvalue weighted by Gasteiger charge is 2.15. The summed E-state index contributed by atoms with van der Waals surface area (Å²) in [6, 6.07) is 15.4. The first kappa shape index (κ1) is 16.9. The van der Waals surface area contributed by atoms with Crippen molar-refractivity contribution in [1.29, 1.82) is 0 Å². The number of nitrogens with one attached hydrogen (secondary N) is 1. The quantitative estimate of drug-likeness (QED) is 0.798. The highest BCUT2D eigenvalue weighted by atomic mass is 16.5. The predicted octanol–water partition coefficient (Wildman–Crippen LogP) is 3.27. The zero-order valence-corrected chi connectivity index (χ0v) is 13.8. The van der Waals surface area contributed by atoms with Crippen LogP contribution in [-0.2, 0) is 4.79 Å². The van der Waals surface area contributed by atoms with Gasteiger partial charge in [0.25, 0.3) is 5.91 Å². The maximum atomic E-state index is 12.0. The Balaban J connectivity index is 1.74. The van der Waals surface area contributed by atoms with Crippen molar-refractivity contribution in [2.75, 3.05) is 13.2 Å². The molecule has 1 N–H and O–H groups in total. The normalized spacial score (nSPS) is 11.6. The van der Waals surface area contributed by atoms with Crippen LogP contribution in [0.3, 0.4) is 0 Å². The lowest BCUT2D eigenvalue weighted by atomic mass is 10.1. The Bertz CT molecular complexity index is 640. The van der Waals surface area contributed by atoms with Crippen molar-refractivity contribution in [2.24, 2.45) is 0 Å². The van der Waals surface area contributed by atoms with E-state index in [1.165, 1.54) is 5.56 Å². The molecule has 0 bridgehead atoms. The summed E-state index contributed by atoms with van der Waals surface area (Å²) >= 11 is 0. The molecule has 2 rings (SSSR count). The van der Waals surface area contributed by atoms with Gasteiger partial charge in [-0.15, -0.1) is 0 Å². The van der Waals surface area contributed by atoms with Gasteiger partial charge in [0.1, 0.15) is 18.1 Å². The van der Waals surface area contributed by atoms with Crippen LogP contribution in [0.15, 0.2) is 48.5 Å². The molecule has 2 aromatic carbocycles. The van der Waals surface area contributed by atoms with Gasteiger partial charge in [0.15, 0.2) is 6.10 Å². The average molecular weight is 313 g/mol. The Morgan fingerprint density at radius 1 is 1.13 bits per heavy atom. The van der Waals surface area contributed by atoms with Crippen molar-refractivity contribution in [3.63, 3.8) is 0 Å². The summed E-state index contributed by atoms with van der Waals surface area (Å²) in [5, 5.41) is 2.81. The number of carbonyl (C=O) groups is 1. The van der Waals surface area contributed by atoms with Crippen LogP contribution >= 0.6 is 0 Å². The molecule has 0 aliphatic carbocycles. The largest absolute Gasteiger partial charge is 0.492 e. The van der Waals surface area contributed by atoms with Crippen LogP contribution in [0, 0.1) is 13.8 Å². The lowest BCUT2D eigenvalue weighted by Crippen LogP contribution is -2.38. The van der Waals surface area contributed by atoms with E-state index < -0.39 is 6.10 Å². The fourth-order valence-corrected chi connectivity index (χ4v) is 2.18. The van der Waals surface area contributed by atoms with Gasteiger partial charge in [0, 0.05) is 0 Å². The van der Waals surface area contributed by atoms with Gasteiger partial charge in [-0.05, 0) is 44.5 Å². The number of benzene rings is 2. The third-order valence-electron chi connectivity index (χ3n) is 3.42. The van der Waals surface area contributed by atoms with E-state index in [4.69, 9.17) is 9.47 Å². The molecule has 1 atom stereocenters. The lowest BCUT2D eigenvalue weighted by molar-refractivity contribution is -0.127. The second kappa shape index (κ2) is 8.22. The zero-order valence-electron chi connectivity index (χ0n) is 13.8. The van der Waals surface area contributed by atoms with Gasteiger partial charge in [-0.2, -0.15) is 0 Å². The number of carbonyl (C=O) groups excluding carboxylic acids is 1. The second-order valence-corrected chi connectivity index (χ2v) is 5.48. The Kier molecular flexibility index (Phi) is 6.03. The van der Waals surface area contributed by atoms with E-state index >= 15 is 0 Å². The molecule has 0 aliphatic rings. The van der Waals surface area contributed by atoms with Gasteiger partial charge >= 0.3 is 0 Å². The molecule has 0 aliphatic heterocycles. The molecule has 0 spiro atoms. The smallest absolute Gasteiger partial charge is 0.260 e. The van der Waals surface area contributed by atoms with Crippen LogP contribution in [0.4, 0.5) is 0 Å². The fraction of sp³-hybridized carbons (Fsp3) is 0.316. The van der Waals surface area contributed by atoms with E-state index in [0.717, 1.165) is 17.1 Å². The Morgan fingerprint density at radius 2 is 1.87 bits per heavy atom. The molecule has 23 heavy (non-hydrogen) atoms. The molecule has 1 unspecified atom stereocenters. The third-order valence-corrected chi connectivity index (χ3v) is 3.42. The number of hydrogen-bond acceptors (Lipinski definition) is 3. The Morgan fingerprint density at radius 3 is 2.57 bits per heavy atom. The van der Waals surface area contributed by atoms with Gasteiger partial charge in [-0.25, -0.2) is 0 Å². The van der Waals surface area contributed by atoms with Crippen molar-refractivity contribution >= 4 is 5.91 Å². The van der Waals surface area contributed by atoms with Gasteiger partial charge in [-0.1, -0.05) is 35.9 Å². The van der Waals surface area contributed by atoms with E-state index in [-0.39, 0.29) is 5.91 Å². The number of aryl methyl sites for hydroxylation is 2. The fourth-order valence-electron chi connectivity index (χ4n) is 2.18. The zero-order chi connectivity index (χ0) is 16.7. The summed E-state index contributed by atoms with van der Waals surface area (Å²) in [5.41, 5.74) is 2.20. The predicted molar refractivity (Wildman–Crippen MR) is 91.0 cm³/mol. The molecule has 4 nitrogen and oxygen atoms in total. The molecule has 0 heterocycles. The van der Waals surface area contributed by atoms with Crippen LogP contribution in [0.5, 0.6) is 11.5 Å². The van der Waals surface area contributed by atoms with E-state index in [9.17, 15) is 4.79 Å². The number of para-hydroxylation sites is 1. The molecule has 0 saturated heterocycles. The van der Waals surface area contributed by atoms with Gasteiger partial charge in [0.2, 0.25) is 0 Å². The first-order valence-electron chi connectivity index (χ1n) is 7.76. The molecule has 0 fully saturated rings. The van der Waals surface area contributed by atoms with Crippen LogP contribution in [-0.4, -0.2) is 25.2 Å². The lowest BCUT2D eigenvalue weighted by Gasteiger charge is -2.16. The SMILES string of the molecule is Cc1ccc(OC(C)C(=O)NCCOc2ccccc2)c(C)c1. The van der Waals surface area contributed by atoms with Crippen LogP contribution < -0.4 is 14.8 Å². The van der Waals surface area contributed by atoms with Crippen molar-refractivity contribution in [2.45, 2.75) is 26.9 Å². The maximum Gasteiger partial charge on any atom is 0.260 e. The molecular weight excluding hydrogens is 290 g/mol. The van der Waals surface area contributed by atoms with Crippen molar-refractivity contribution in [3.05, 3.63) is 59.7 Å². The van der Waals surface area contributed by atoms with Crippen molar-refractivity contribution in [1.82, 2.24) is 5.32 Å². The molecule has 0 radical (unpaired) electrons. The molecule has 0 aromatic heterocycles. The molecule has 1 amide bonds. The van der Waals surface area contributed by atoms with Crippen molar-refractivity contribution < 1.29 is 14.3 Å². The van der Waals surface area contributed by atoms with Crippen LogP contribution in [0.2, 0.25) is 0 Å². The summed E-state index contributed by atoms with van der Waals surface area (Å²) in [7, 11) is 0. The Hall–Kier alpha value is -2.49. The minimum absolute atomic E-state index is 0.151. The van der Waals surface area contributed by atoms with Crippen LogP contribution in [0.1, 0.15) is 18.1 Å². The summed E-state index contributed by atoms with van der Waals surface area (Å²) in [6.45, 7) is 6.60. The van der Waals surface area contributed by atoms with Gasteiger partial charge < -0.3 is 14.8 Å². The van der Waals surface area contributed by atoms with E-state index in [0.29, 0.717) is 13.2 Å². The van der Waals surface area contributed by atoms with Crippen molar-refractivity contribution in [3.8, 4) is 11.5 Å². The standard InChI is InChI=1S/C19H23NO3/c1-14-9-10-18(15(2)13-14)23-16(3)19(21)20-11-12-22-17-7-5-4-6-8-17/h4-10,13,16H,11-12H2,1-3H3,(H,20,21). The summed E-state index contributed by atoms with van der Waals surface area (Å²) in [6.07, 6.45) is -0.548. The molecule has 122 valence electrons. The minimum atomic E-state index is -0.548. The first-order chi connectivity index (χ1) is 11.1. The number of hydrogen-bond donors (Lipinski definition) is 1. The summed E-state index contributed by atoms with van der Waals surface area (Å²) in [5.74, 6) is 1.38. The topological polar surface area (TPSA) is 47.6 Å². The molecule has 0 saturated carbocycles. The monoisotopic (exact) mass is 313 g/mol. The molecule has 4 heteroatoms. The number of ether oxygens (including phenoxy) is 2. The van der Waals surface area contributed by atoms with Crippen LogP contribution in [0.25, 0.3) is 0 Å². The second-order valence-electron chi connectivity index (χ2n) is 5.48.